The van der Waals surface area contributed by atoms with E-state index in [4.69, 9.17) is 5.73 Å². The number of nitrogens with two attached hydrogens (primary N) is 1. The van der Waals surface area contributed by atoms with Gasteiger partial charge in [0, 0.05) is 37.0 Å². The summed E-state index contributed by atoms with van der Waals surface area (Å²) in [7, 11) is 1.80. The van der Waals surface area contributed by atoms with E-state index in [0.29, 0.717) is 0 Å². The van der Waals surface area contributed by atoms with Gasteiger partial charge in [0.2, 0.25) is 5.91 Å². The van der Waals surface area contributed by atoms with Crippen molar-refractivity contribution in [3.05, 3.63) is 22.4 Å². The zero-order valence-electron chi connectivity index (χ0n) is 16.3. The molecule has 0 aromatic carbocycles. The van der Waals surface area contributed by atoms with E-state index in [1.165, 1.54) is 4.88 Å². The van der Waals surface area contributed by atoms with Crippen LogP contribution in [0, 0.1) is 5.92 Å². The third kappa shape index (κ3) is 6.29. The molecule has 1 aromatic heterocycles. The molecule has 0 spiro atoms. The second kappa shape index (κ2) is 9.92. The molecule has 146 valence electrons. The molecular formula is C19H33N5OS. The zero-order chi connectivity index (χ0) is 19.0. The van der Waals surface area contributed by atoms with Gasteiger partial charge in [0.25, 0.3) is 0 Å². The number of hydrogen-bond acceptors (Lipinski definition) is 4. The van der Waals surface area contributed by atoms with Gasteiger partial charge in [0.1, 0.15) is 0 Å². The van der Waals surface area contributed by atoms with Crippen molar-refractivity contribution in [2.75, 3.05) is 39.8 Å². The fourth-order valence-corrected chi connectivity index (χ4v) is 4.13. The van der Waals surface area contributed by atoms with Crippen molar-refractivity contribution in [3.63, 3.8) is 0 Å². The molecule has 2 rings (SSSR count). The van der Waals surface area contributed by atoms with E-state index in [1.54, 1.807) is 18.4 Å². The van der Waals surface area contributed by atoms with Crippen LogP contribution in [0.3, 0.4) is 0 Å². The number of amides is 1. The minimum absolute atomic E-state index is 0.0191. The normalized spacial score (nSPS) is 19.3. The maximum atomic E-state index is 11.4. The molecule has 2 heterocycles. The van der Waals surface area contributed by atoms with E-state index >= 15 is 0 Å². The molecule has 1 unspecified atom stereocenters. The summed E-state index contributed by atoms with van der Waals surface area (Å²) in [5.74, 6) is 0.694. The smallest absolute Gasteiger partial charge is 0.221 e. The summed E-state index contributed by atoms with van der Waals surface area (Å²) in [5, 5.41) is 8.93. The number of primary amides is 1. The highest BCUT2D eigenvalue weighted by Gasteiger charge is 2.24. The first-order chi connectivity index (χ1) is 12.4. The maximum Gasteiger partial charge on any atom is 0.221 e. The number of aliphatic imine (C=N–C) groups is 1. The summed E-state index contributed by atoms with van der Waals surface area (Å²) < 4.78 is 0. The van der Waals surface area contributed by atoms with Gasteiger partial charge in [-0.1, -0.05) is 19.9 Å². The minimum Gasteiger partial charge on any atom is -0.369 e. The van der Waals surface area contributed by atoms with Crippen LogP contribution in [0.25, 0.3) is 0 Å². The molecule has 1 aliphatic rings. The highest BCUT2D eigenvalue weighted by Crippen LogP contribution is 2.26. The van der Waals surface area contributed by atoms with Crippen LogP contribution in [-0.2, 0) is 10.2 Å². The van der Waals surface area contributed by atoms with E-state index in [0.717, 1.165) is 57.9 Å². The molecule has 1 saturated heterocycles. The molecular weight excluding hydrogens is 346 g/mol. The first-order valence-corrected chi connectivity index (χ1v) is 10.3. The third-order valence-corrected chi connectivity index (χ3v) is 6.20. The number of piperidine rings is 1. The number of guanidine groups is 1. The van der Waals surface area contributed by atoms with E-state index in [9.17, 15) is 4.79 Å². The second-order valence-corrected chi connectivity index (χ2v) is 8.56. The topological polar surface area (TPSA) is 82.8 Å². The van der Waals surface area contributed by atoms with Crippen LogP contribution in [0.2, 0.25) is 0 Å². The Morgan fingerprint density at radius 3 is 2.92 bits per heavy atom. The van der Waals surface area contributed by atoms with Gasteiger partial charge >= 0.3 is 0 Å². The molecule has 0 saturated carbocycles. The third-order valence-electron chi connectivity index (χ3n) is 4.96. The first kappa shape index (κ1) is 20.7. The summed E-state index contributed by atoms with van der Waals surface area (Å²) in [4.78, 5) is 19.4. The minimum atomic E-state index is -0.161. The van der Waals surface area contributed by atoms with E-state index in [-0.39, 0.29) is 17.2 Å². The fraction of sp³-hybridized carbons (Fsp3) is 0.684. The number of nitrogens with zero attached hydrogens (tertiary/aromatic N) is 2. The van der Waals surface area contributed by atoms with Crippen molar-refractivity contribution in [1.29, 1.82) is 0 Å². The molecule has 7 heteroatoms. The van der Waals surface area contributed by atoms with Crippen molar-refractivity contribution in [1.82, 2.24) is 15.5 Å². The Balaban J connectivity index is 1.67. The SMILES string of the molecule is CN=C(NCCCN1CCCC(C(N)=O)C1)NCC(C)(C)c1cccs1. The lowest BCUT2D eigenvalue weighted by Gasteiger charge is -2.31. The van der Waals surface area contributed by atoms with Crippen LogP contribution in [0.15, 0.2) is 22.5 Å². The summed E-state index contributed by atoms with van der Waals surface area (Å²) in [6.45, 7) is 9.02. The molecule has 26 heavy (non-hydrogen) atoms. The number of carbonyl (C=O) groups excluding carboxylic acids is 1. The molecule has 0 radical (unpaired) electrons. The summed E-state index contributed by atoms with van der Waals surface area (Å²) in [5.41, 5.74) is 5.52. The number of carbonyl (C=O) groups is 1. The van der Waals surface area contributed by atoms with E-state index < -0.39 is 0 Å². The number of hydrogen-bond donors (Lipinski definition) is 3. The van der Waals surface area contributed by atoms with Crippen molar-refractivity contribution < 1.29 is 4.79 Å². The van der Waals surface area contributed by atoms with Crippen molar-refractivity contribution >= 4 is 23.2 Å². The Kier molecular flexibility index (Phi) is 7.90. The van der Waals surface area contributed by atoms with Crippen LogP contribution >= 0.6 is 11.3 Å². The lowest BCUT2D eigenvalue weighted by atomic mass is 9.91. The summed E-state index contributed by atoms with van der Waals surface area (Å²) >= 11 is 1.79. The Morgan fingerprint density at radius 2 is 2.27 bits per heavy atom. The Morgan fingerprint density at radius 1 is 1.46 bits per heavy atom. The van der Waals surface area contributed by atoms with Crippen LogP contribution in [0.4, 0.5) is 0 Å². The Bertz CT molecular complexity index is 585. The maximum absolute atomic E-state index is 11.4. The molecule has 4 N–H and O–H groups in total. The van der Waals surface area contributed by atoms with Gasteiger partial charge in [0.15, 0.2) is 5.96 Å². The Labute approximate surface area is 161 Å². The van der Waals surface area contributed by atoms with Crippen molar-refractivity contribution in [2.24, 2.45) is 16.6 Å². The monoisotopic (exact) mass is 379 g/mol. The highest BCUT2D eigenvalue weighted by molar-refractivity contribution is 7.10. The van der Waals surface area contributed by atoms with Crippen LogP contribution in [0.1, 0.15) is 38.0 Å². The Hall–Kier alpha value is -1.60. The molecule has 1 atom stereocenters. The van der Waals surface area contributed by atoms with Crippen LogP contribution < -0.4 is 16.4 Å². The number of nitrogens with one attached hydrogen (secondary N) is 2. The molecule has 0 bridgehead atoms. The average molecular weight is 380 g/mol. The fourth-order valence-electron chi connectivity index (χ4n) is 3.28. The van der Waals surface area contributed by atoms with Gasteiger partial charge in [-0.05, 0) is 43.8 Å². The summed E-state index contributed by atoms with van der Waals surface area (Å²) in [6.07, 6.45) is 3.00. The largest absolute Gasteiger partial charge is 0.369 e. The van der Waals surface area contributed by atoms with Gasteiger partial charge in [-0.15, -0.1) is 11.3 Å². The number of thiophene rings is 1. The van der Waals surface area contributed by atoms with E-state index in [2.05, 4.69) is 51.9 Å². The van der Waals surface area contributed by atoms with Gasteiger partial charge in [-0.25, -0.2) is 0 Å². The molecule has 1 aliphatic heterocycles. The highest BCUT2D eigenvalue weighted by atomic mass is 32.1. The van der Waals surface area contributed by atoms with Gasteiger partial charge in [0.05, 0.1) is 5.92 Å². The molecule has 1 amide bonds. The van der Waals surface area contributed by atoms with Gasteiger partial charge < -0.3 is 21.3 Å². The first-order valence-electron chi connectivity index (χ1n) is 9.42. The molecule has 6 nitrogen and oxygen atoms in total. The lowest BCUT2D eigenvalue weighted by Crippen LogP contribution is -2.44. The van der Waals surface area contributed by atoms with Crippen LogP contribution in [0.5, 0.6) is 0 Å². The van der Waals surface area contributed by atoms with Gasteiger partial charge in [-0.2, -0.15) is 0 Å². The predicted molar refractivity (Wildman–Crippen MR) is 110 cm³/mol. The predicted octanol–water partition coefficient (Wildman–Crippen LogP) is 1.78. The van der Waals surface area contributed by atoms with Crippen molar-refractivity contribution in [2.45, 2.75) is 38.5 Å². The standard InChI is InChI=1S/C19H33N5OS/c1-19(2,16-8-5-12-26-16)14-23-18(21-3)22-9-6-11-24-10-4-7-15(13-24)17(20)25/h5,8,12,15H,4,6-7,9-11,13-14H2,1-3H3,(H2,20,25)(H2,21,22,23). The summed E-state index contributed by atoms with van der Waals surface area (Å²) in [6, 6.07) is 4.28. The quantitative estimate of drug-likeness (QED) is 0.365. The van der Waals surface area contributed by atoms with Gasteiger partial charge in [-0.3, -0.25) is 9.79 Å². The molecule has 1 fully saturated rings. The zero-order valence-corrected chi connectivity index (χ0v) is 17.1. The number of rotatable bonds is 8. The lowest BCUT2D eigenvalue weighted by molar-refractivity contribution is -0.123. The average Bonchev–Trinajstić information content (AvgIpc) is 3.17. The van der Waals surface area contributed by atoms with E-state index in [1.807, 2.05) is 0 Å². The van der Waals surface area contributed by atoms with Crippen LogP contribution in [-0.4, -0.2) is 56.5 Å². The second-order valence-electron chi connectivity index (χ2n) is 7.61. The molecule has 1 aromatic rings. The number of likely N-dealkylation sites (tertiary alicyclic amines) is 1. The molecule has 0 aliphatic carbocycles. The van der Waals surface area contributed by atoms with Crippen molar-refractivity contribution in [3.8, 4) is 0 Å².